The fraction of sp³-hybridized carbons (Fsp3) is 0.444. The maximum atomic E-state index is 12.8. The molecule has 2 aliphatic rings. The molecule has 234 valence electrons. The molecule has 0 spiro atoms. The minimum Gasteiger partial charge on any atom is -0.508 e. The van der Waals surface area contributed by atoms with Crippen molar-refractivity contribution >= 4 is 11.0 Å². The number of phenolic OH excluding ortho intramolecular Hbond substituents is 2. The van der Waals surface area contributed by atoms with Crippen LogP contribution >= 0.6 is 0 Å². The fourth-order valence-electron chi connectivity index (χ4n) is 4.83. The number of aromatic hydroxyl groups is 2. The van der Waals surface area contributed by atoms with Crippen molar-refractivity contribution in [2.45, 2.75) is 61.4 Å². The van der Waals surface area contributed by atoms with Gasteiger partial charge in [-0.1, -0.05) is 0 Å². The smallest absolute Gasteiger partial charge is 0.229 e. The summed E-state index contributed by atoms with van der Waals surface area (Å²) < 4.78 is 28.0. The van der Waals surface area contributed by atoms with Crippen LogP contribution in [0.3, 0.4) is 0 Å². The maximum Gasteiger partial charge on any atom is 0.229 e. The van der Waals surface area contributed by atoms with E-state index in [4.69, 9.17) is 23.4 Å². The van der Waals surface area contributed by atoms with Crippen LogP contribution in [0.1, 0.15) is 0 Å². The number of fused-ring (bicyclic) bond motifs is 1. The highest BCUT2D eigenvalue weighted by atomic mass is 16.7. The van der Waals surface area contributed by atoms with Crippen LogP contribution in [-0.2, 0) is 9.47 Å². The Morgan fingerprint density at radius 2 is 1.23 bits per heavy atom. The summed E-state index contributed by atoms with van der Waals surface area (Å²) in [5.41, 5.74) is -0.674. The summed E-state index contributed by atoms with van der Waals surface area (Å²) in [6.07, 6.45) is -16.6. The number of aliphatic hydroxyl groups is 8. The molecule has 16 heteroatoms. The zero-order chi connectivity index (χ0) is 31.2. The molecule has 3 aromatic rings. The van der Waals surface area contributed by atoms with Crippen molar-refractivity contribution in [2.24, 2.45) is 0 Å². The predicted octanol–water partition coefficient (Wildman–Crippen LogP) is -2.77. The third kappa shape index (κ3) is 5.85. The molecule has 0 unspecified atom stereocenters. The van der Waals surface area contributed by atoms with E-state index in [2.05, 4.69) is 0 Å². The van der Waals surface area contributed by atoms with Crippen LogP contribution in [0.25, 0.3) is 22.3 Å². The molecule has 2 aliphatic heterocycles. The van der Waals surface area contributed by atoms with Gasteiger partial charge in [0.25, 0.3) is 0 Å². The van der Waals surface area contributed by atoms with Crippen LogP contribution in [-0.4, -0.2) is 126 Å². The van der Waals surface area contributed by atoms with Crippen LogP contribution in [0.2, 0.25) is 0 Å². The Morgan fingerprint density at radius 1 is 0.674 bits per heavy atom. The number of hydrogen-bond acceptors (Lipinski definition) is 16. The number of hydrogen-bond donors (Lipinski definition) is 10. The Balaban J connectivity index is 1.55. The second-order valence-electron chi connectivity index (χ2n) is 10.1. The first-order valence-corrected chi connectivity index (χ1v) is 13.0. The summed E-state index contributed by atoms with van der Waals surface area (Å²) in [5.74, 6) is -1.49. The normalized spacial score (nSPS) is 32.9. The van der Waals surface area contributed by atoms with E-state index >= 15 is 0 Å². The SMILES string of the molecule is O=c1cc(-c2ccc(O[C@@H]3O[C@H](CO)[C@@H](O)[C@H](O)[C@H]3O)c(O[C@@H]3O[C@H](CO)[C@@H](O)[C@H](O)[C@H]3O)c2)oc2cc(O)cc(O)c12. The lowest BCUT2D eigenvalue weighted by molar-refractivity contribution is -0.282. The zero-order valence-electron chi connectivity index (χ0n) is 22.1. The van der Waals surface area contributed by atoms with Crippen LogP contribution in [0.4, 0.5) is 0 Å². The van der Waals surface area contributed by atoms with Gasteiger partial charge in [-0.25, -0.2) is 0 Å². The summed E-state index contributed by atoms with van der Waals surface area (Å²) in [6.45, 7) is -1.48. The van der Waals surface area contributed by atoms with Crippen LogP contribution in [0.5, 0.6) is 23.0 Å². The van der Waals surface area contributed by atoms with Crippen molar-refractivity contribution in [1.29, 1.82) is 0 Å². The molecular formula is C27H30O16. The Hall–Kier alpha value is -3.55. The fourth-order valence-corrected chi connectivity index (χ4v) is 4.83. The molecule has 1 aromatic heterocycles. The lowest BCUT2D eigenvalue weighted by atomic mass is 9.99. The third-order valence-electron chi connectivity index (χ3n) is 7.21. The quantitative estimate of drug-likeness (QED) is 0.130. The van der Waals surface area contributed by atoms with Gasteiger partial charge in [-0.3, -0.25) is 4.79 Å². The van der Waals surface area contributed by atoms with E-state index in [9.17, 15) is 55.9 Å². The van der Waals surface area contributed by atoms with Gasteiger partial charge in [0.2, 0.25) is 12.6 Å². The van der Waals surface area contributed by atoms with Crippen LogP contribution in [0.15, 0.2) is 45.6 Å². The molecule has 10 N–H and O–H groups in total. The predicted molar refractivity (Wildman–Crippen MR) is 140 cm³/mol. The molecule has 10 atom stereocenters. The largest absolute Gasteiger partial charge is 0.508 e. The molecule has 2 saturated heterocycles. The molecule has 3 heterocycles. The van der Waals surface area contributed by atoms with E-state index < -0.39 is 85.8 Å². The molecule has 16 nitrogen and oxygen atoms in total. The summed E-state index contributed by atoms with van der Waals surface area (Å²) in [6, 6.07) is 6.97. The van der Waals surface area contributed by atoms with Crippen molar-refractivity contribution in [3.63, 3.8) is 0 Å². The molecule has 43 heavy (non-hydrogen) atoms. The molecule has 0 radical (unpaired) electrons. The van der Waals surface area contributed by atoms with Gasteiger partial charge in [0.15, 0.2) is 16.9 Å². The topological polar surface area (TPSA) is 269 Å². The van der Waals surface area contributed by atoms with Crippen molar-refractivity contribution < 1.29 is 74.4 Å². The van der Waals surface area contributed by atoms with Crippen LogP contribution < -0.4 is 14.9 Å². The van der Waals surface area contributed by atoms with E-state index in [0.29, 0.717) is 0 Å². The Morgan fingerprint density at radius 3 is 1.79 bits per heavy atom. The summed E-state index contributed by atoms with van der Waals surface area (Å²) in [5, 5.41) is 100. The second kappa shape index (κ2) is 12.2. The number of benzene rings is 2. The zero-order valence-corrected chi connectivity index (χ0v) is 22.1. The molecule has 5 rings (SSSR count). The Kier molecular flexibility index (Phi) is 8.77. The van der Waals surface area contributed by atoms with Crippen molar-refractivity contribution in [2.75, 3.05) is 13.2 Å². The van der Waals surface area contributed by atoms with Crippen LogP contribution in [0, 0.1) is 0 Å². The average molecular weight is 611 g/mol. The first-order chi connectivity index (χ1) is 20.4. The standard InChI is InChI=1S/C27H30O16/c28-7-17-20(33)22(35)24(37)26(42-17)40-13-2-1-9(14-6-12(32)19-11(31)4-10(30)5-16(19)39-14)3-15(13)41-27-25(38)23(36)21(34)18(8-29)43-27/h1-6,17-18,20-31,33-38H,7-8H2/t17-,18-,20-,21-,22+,23+,24-,25-,26-,27-/m1/s1. The van der Waals surface area contributed by atoms with E-state index in [0.717, 1.165) is 18.2 Å². The first-order valence-electron chi connectivity index (χ1n) is 13.0. The van der Waals surface area contributed by atoms with Gasteiger partial charge in [-0.05, 0) is 18.2 Å². The summed E-state index contributed by atoms with van der Waals surface area (Å²) in [4.78, 5) is 12.8. The van der Waals surface area contributed by atoms with Gasteiger partial charge in [-0.15, -0.1) is 0 Å². The minimum absolute atomic E-state index is 0.0828. The van der Waals surface area contributed by atoms with Crippen molar-refractivity contribution in [3.8, 4) is 34.3 Å². The molecular weight excluding hydrogens is 580 g/mol. The molecule has 0 aliphatic carbocycles. The van der Waals surface area contributed by atoms with E-state index in [1.54, 1.807) is 0 Å². The van der Waals surface area contributed by atoms with Crippen molar-refractivity contribution in [1.82, 2.24) is 0 Å². The number of ether oxygens (including phenoxy) is 4. The first kappa shape index (κ1) is 30.9. The van der Waals surface area contributed by atoms with Gasteiger partial charge in [-0.2, -0.15) is 0 Å². The lowest BCUT2D eigenvalue weighted by Gasteiger charge is -2.41. The molecule has 2 aromatic carbocycles. The Labute approximate surface area is 241 Å². The van der Waals surface area contributed by atoms with E-state index in [1.807, 2.05) is 0 Å². The third-order valence-corrected chi connectivity index (χ3v) is 7.21. The van der Waals surface area contributed by atoms with Crippen molar-refractivity contribution in [3.05, 3.63) is 46.6 Å². The van der Waals surface area contributed by atoms with Gasteiger partial charge in [0, 0.05) is 23.8 Å². The van der Waals surface area contributed by atoms with E-state index in [-0.39, 0.29) is 39.5 Å². The summed E-state index contributed by atoms with van der Waals surface area (Å²) >= 11 is 0. The highest BCUT2D eigenvalue weighted by Crippen LogP contribution is 2.38. The average Bonchev–Trinajstić information content (AvgIpc) is 2.97. The monoisotopic (exact) mass is 610 g/mol. The highest BCUT2D eigenvalue weighted by molar-refractivity contribution is 5.86. The number of rotatable bonds is 7. The second-order valence-corrected chi connectivity index (χ2v) is 10.1. The minimum atomic E-state index is -1.84. The lowest BCUT2D eigenvalue weighted by Crippen LogP contribution is -2.60. The molecule has 0 saturated carbocycles. The maximum absolute atomic E-state index is 12.8. The Bertz CT molecular complexity index is 1500. The van der Waals surface area contributed by atoms with E-state index in [1.165, 1.54) is 18.2 Å². The molecule has 0 amide bonds. The molecule has 0 bridgehead atoms. The summed E-state index contributed by atoms with van der Waals surface area (Å²) in [7, 11) is 0. The van der Waals surface area contributed by atoms with Gasteiger partial charge < -0.3 is 74.4 Å². The highest BCUT2D eigenvalue weighted by Gasteiger charge is 2.46. The van der Waals surface area contributed by atoms with Gasteiger partial charge in [0.05, 0.1) is 13.2 Å². The van der Waals surface area contributed by atoms with Gasteiger partial charge in [0.1, 0.15) is 77.1 Å². The van der Waals surface area contributed by atoms with Gasteiger partial charge >= 0.3 is 0 Å². The molecule has 2 fully saturated rings. The number of aliphatic hydroxyl groups excluding tert-OH is 8. The number of phenols is 2.